The Labute approximate surface area is 92.9 Å². The summed E-state index contributed by atoms with van der Waals surface area (Å²) in [6.07, 6.45) is 0. The molecule has 0 aromatic heterocycles. The lowest BCUT2D eigenvalue weighted by Crippen LogP contribution is -1.94. The van der Waals surface area contributed by atoms with E-state index in [1.54, 1.807) is 0 Å². The van der Waals surface area contributed by atoms with Gasteiger partial charge in [0.15, 0.2) is 0 Å². The first kappa shape index (κ1) is 29.3. The summed E-state index contributed by atoms with van der Waals surface area (Å²) in [6.45, 7) is 0. The summed E-state index contributed by atoms with van der Waals surface area (Å²) in [4.78, 5) is 14.0. The quantitative estimate of drug-likeness (QED) is 0.332. The van der Waals surface area contributed by atoms with Crippen molar-refractivity contribution in [1.82, 2.24) is 0 Å². The standard InChI is InChI=1S/4ClHO2.O2/c4*2-1-3;1-2/h4*2H;. The van der Waals surface area contributed by atoms with Crippen LogP contribution in [0.5, 0.6) is 0 Å². The number of rotatable bonds is 0. The minimum absolute atomic E-state index is 0.167. The molecule has 0 aromatic rings. The summed E-state index contributed by atoms with van der Waals surface area (Å²) in [6, 6.07) is 0. The van der Waals surface area contributed by atoms with Crippen LogP contribution >= 0.6 is 0 Å². The van der Waals surface area contributed by atoms with Gasteiger partial charge in [-0.15, -0.1) is 18.6 Å². The Morgan fingerprint density at radius 3 is 0.571 bits per heavy atom. The van der Waals surface area contributed by atoms with Crippen molar-refractivity contribution >= 4 is 0 Å². The highest BCUT2D eigenvalue weighted by atomic mass is 35.6. The van der Waals surface area contributed by atoms with Crippen LogP contribution in [0.25, 0.3) is 0 Å². The summed E-state index contributed by atoms with van der Waals surface area (Å²) in [5.41, 5.74) is 0. The molecule has 10 nitrogen and oxygen atoms in total. The first-order valence-corrected chi connectivity index (χ1v) is 4.05. The van der Waals surface area contributed by atoms with Crippen LogP contribution < -0.4 is 18.6 Å². The van der Waals surface area contributed by atoms with Crippen molar-refractivity contribution in [1.29, 1.82) is 0 Å². The Balaban J connectivity index is -0.0000000243. The van der Waals surface area contributed by atoms with Gasteiger partial charge in [-0.3, -0.25) is 0 Å². The van der Waals surface area contributed by atoms with Gasteiger partial charge in [-0.05, 0) is 0 Å². The normalized spacial score (nSPS) is 5.43. The van der Waals surface area contributed by atoms with Crippen molar-refractivity contribution in [2.75, 3.05) is 0 Å². The molecule has 0 fully saturated rings. The maximum atomic E-state index is 8.35. The predicted octanol–water partition coefficient (Wildman–Crippen LogP) is -6.92. The number of hydrogen-bond acceptors (Lipinski definition) is 10. The number of halogens is 4. The van der Waals surface area contributed by atoms with E-state index in [0.29, 0.717) is 0 Å². The van der Waals surface area contributed by atoms with E-state index in [2.05, 4.69) is 0 Å². The van der Waals surface area contributed by atoms with Crippen LogP contribution in [-0.4, -0.2) is 18.6 Å². The van der Waals surface area contributed by atoms with Crippen LogP contribution in [-0.2, 0) is 0 Å². The zero-order valence-electron chi connectivity index (χ0n) is 5.75. The van der Waals surface area contributed by atoms with E-state index in [0.717, 1.165) is 0 Å². The predicted molar refractivity (Wildman–Crippen MR) is 15.6 cm³/mol. The van der Waals surface area contributed by atoms with Gasteiger partial charge in [-0.25, -0.2) is 0 Å². The average molecular weight is 306 g/mol. The van der Waals surface area contributed by atoms with Gasteiger partial charge in [-0.1, -0.05) is 0 Å². The smallest absolute Gasteiger partial charge is 0.327 e. The molecule has 92 valence electrons. The van der Waals surface area contributed by atoms with Gasteiger partial charge in [-0.2, -0.15) is 0 Å². The molecule has 0 aliphatic carbocycles. The second kappa shape index (κ2) is 106. The van der Waals surface area contributed by atoms with Crippen LogP contribution in [0.4, 0.5) is 0 Å². The lowest BCUT2D eigenvalue weighted by atomic mass is 15.3. The summed E-state index contributed by atoms with van der Waals surface area (Å²) in [7, 11) is 0. The molecule has 0 unspecified atom stereocenters. The molecule has 14 heteroatoms. The lowest BCUT2D eigenvalue weighted by Gasteiger charge is -1.46. The molecule has 0 saturated carbocycles. The van der Waals surface area contributed by atoms with Crippen molar-refractivity contribution in [3.8, 4) is 0 Å². The molecule has 0 spiro atoms. The Morgan fingerprint density at radius 2 is 0.571 bits per heavy atom. The van der Waals surface area contributed by atoms with Crippen molar-refractivity contribution in [3.05, 3.63) is 9.93 Å². The second-order valence-electron chi connectivity index (χ2n) is 0.276. The molecule has 0 aliphatic heterocycles. The van der Waals surface area contributed by atoms with E-state index in [4.69, 9.17) is 47.2 Å². The Bertz CT molecular complexity index is 27.3. The Morgan fingerprint density at radius 1 is 0.571 bits per heavy atom. The van der Waals surface area contributed by atoms with E-state index in [-0.39, 0.29) is 45.3 Å². The number of hydrogen-bond donors (Lipinski definition) is 4. The minimum Gasteiger partial charge on any atom is -0.506 e. The Kier molecular flexibility index (Phi) is 221. The van der Waals surface area contributed by atoms with Gasteiger partial charge in [0, 0.05) is 9.93 Å². The fraction of sp³-hybridized carbons (Fsp3) is 0. The summed E-state index contributed by atoms with van der Waals surface area (Å²) < 4.78 is 60.9. The summed E-state index contributed by atoms with van der Waals surface area (Å²) in [5.74, 6) is 0. The van der Waals surface area contributed by atoms with Crippen LogP contribution in [0.3, 0.4) is 0 Å². The van der Waals surface area contributed by atoms with Crippen molar-refractivity contribution in [3.63, 3.8) is 0 Å². The van der Waals surface area contributed by atoms with Crippen LogP contribution in [0.15, 0.2) is 0 Å². The first-order chi connectivity index (χ1) is 6.66. The third-order valence-corrected chi connectivity index (χ3v) is 0. The van der Waals surface area contributed by atoms with E-state index < -0.39 is 0 Å². The summed E-state index contributed by atoms with van der Waals surface area (Å²) >= 11 is -0.667. The maximum Gasteiger partial charge on any atom is 0.327 e. The molecular weight excluding hydrogens is 302 g/mol. The zero-order valence-corrected chi connectivity index (χ0v) is 8.77. The molecule has 0 saturated heterocycles. The highest BCUT2D eigenvalue weighted by Crippen LogP contribution is 1.14. The molecule has 0 radical (unpaired) electrons. The molecule has 0 aliphatic rings. The topological polar surface area (TPSA) is 207 Å². The van der Waals surface area contributed by atoms with E-state index in [9.17, 15) is 0 Å². The van der Waals surface area contributed by atoms with Crippen LogP contribution in [0.2, 0.25) is 0 Å². The van der Waals surface area contributed by atoms with Crippen molar-refractivity contribution in [2.24, 2.45) is 0 Å². The third-order valence-electron chi connectivity index (χ3n) is 0. The largest absolute Gasteiger partial charge is 0.506 e. The fourth-order valence-electron chi connectivity index (χ4n) is 0. The highest BCUT2D eigenvalue weighted by molar-refractivity contribution is 4.07. The molecule has 0 rings (SSSR count). The van der Waals surface area contributed by atoms with Gasteiger partial charge in [0.25, 0.3) is 0 Å². The highest BCUT2D eigenvalue weighted by Gasteiger charge is 1.47. The van der Waals surface area contributed by atoms with E-state index in [1.807, 2.05) is 0 Å². The lowest BCUT2D eigenvalue weighted by molar-refractivity contribution is -1.27. The zero-order chi connectivity index (χ0) is 12.8. The maximum absolute atomic E-state index is 8.35. The average Bonchev–Trinajstić information content (AvgIpc) is 2.12. The molecule has 0 bridgehead atoms. The molecule has 4 N–H and O–H groups in total. The Hall–Kier alpha value is 0.440. The van der Waals surface area contributed by atoms with Crippen molar-refractivity contribution < 1.29 is 82.6 Å². The van der Waals surface area contributed by atoms with Gasteiger partial charge < -0.3 is 18.6 Å². The van der Waals surface area contributed by atoms with Gasteiger partial charge in [0.05, 0.1) is 0 Å². The molecule has 0 amide bonds. The monoisotopic (exact) mass is 304 g/mol. The molecule has 0 aromatic carbocycles. The van der Waals surface area contributed by atoms with Gasteiger partial charge >= 0.3 is 45.3 Å². The minimum atomic E-state index is -0.167. The van der Waals surface area contributed by atoms with E-state index >= 15 is 0 Å². The molecule has 0 atom stereocenters. The first-order valence-electron chi connectivity index (χ1n) is 1.46. The van der Waals surface area contributed by atoms with Crippen LogP contribution in [0.1, 0.15) is 0 Å². The molecule has 14 heavy (non-hydrogen) atoms. The third kappa shape index (κ3) is 8410. The fourth-order valence-corrected chi connectivity index (χ4v) is 0. The van der Waals surface area contributed by atoms with Gasteiger partial charge in [0.1, 0.15) is 0 Å². The molecule has 0 heterocycles. The second-order valence-corrected chi connectivity index (χ2v) is 0.828. The summed E-state index contributed by atoms with van der Waals surface area (Å²) in [5, 5.41) is 0. The van der Waals surface area contributed by atoms with Crippen molar-refractivity contribution in [2.45, 2.75) is 0 Å². The van der Waals surface area contributed by atoms with Crippen LogP contribution in [0, 0.1) is 55.2 Å². The van der Waals surface area contributed by atoms with E-state index in [1.165, 1.54) is 0 Å². The van der Waals surface area contributed by atoms with Gasteiger partial charge in [0.2, 0.25) is 0 Å². The molecular formula is H4Cl4O10. The SMILES string of the molecule is O=O.[O-][Cl+]O.[O-][Cl+]O.[O-][Cl+]O.[O-][Cl+]O.